The van der Waals surface area contributed by atoms with Crippen LogP contribution in [0.2, 0.25) is 0 Å². The molecule has 1 aromatic heterocycles. The van der Waals surface area contributed by atoms with E-state index < -0.39 is 26.6 Å². The maximum absolute atomic E-state index is 13.7. The Balaban J connectivity index is 2.48. The lowest BCUT2D eigenvalue weighted by Crippen LogP contribution is -2.18. The third kappa shape index (κ3) is 3.53. The normalized spacial score (nSPS) is 11.5. The van der Waals surface area contributed by atoms with Crippen molar-refractivity contribution in [1.82, 2.24) is 9.97 Å². The van der Waals surface area contributed by atoms with E-state index in [2.05, 4.69) is 30.6 Å². The first kappa shape index (κ1) is 15.8. The molecule has 0 saturated carbocycles. The lowest BCUT2D eigenvalue weighted by molar-refractivity contribution is 0.548. The van der Waals surface area contributed by atoms with Crippen molar-refractivity contribution in [2.75, 3.05) is 4.72 Å². The number of rotatable bonds is 3. The Morgan fingerprint density at radius 2 is 1.67 bits per heavy atom. The van der Waals surface area contributed by atoms with E-state index in [-0.39, 0.29) is 10.4 Å². The van der Waals surface area contributed by atoms with Gasteiger partial charge in [0.2, 0.25) is 5.95 Å². The van der Waals surface area contributed by atoms with Crippen LogP contribution in [0.5, 0.6) is 0 Å². The molecule has 0 amide bonds. The largest absolute Gasteiger partial charge is 0.268 e. The predicted octanol–water partition coefficient (Wildman–Crippen LogP) is 2.93. The van der Waals surface area contributed by atoms with Crippen molar-refractivity contribution in [3.63, 3.8) is 0 Å². The first-order valence-electron chi connectivity index (χ1n) is 5.69. The molecule has 0 aliphatic heterocycles. The van der Waals surface area contributed by atoms with E-state index in [1.807, 2.05) is 0 Å². The number of halogens is 3. The molecule has 112 valence electrons. The minimum Gasteiger partial charge on any atom is -0.247 e. The summed E-state index contributed by atoms with van der Waals surface area (Å²) >= 11 is 2.84. The van der Waals surface area contributed by atoms with Crippen molar-refractivity contribution in [3.8, 4) is 0 Å². The molecule has 2 aromatic rings. The van der Waals surface area contributed by atoms with Gasteiger partial charge in [-0.2, -0.15) is 0 Å². The molecule has 1 N–H and O–H groups in total. The highest BCUT2D eigenvalue weighted by Gasteiger charge is 2.24. The molecular formula is C12H10BrF2N3O2S. The molecule has 0 bridgehead atoms. The van der Waals surface area contributed by atoms with Crippen LogP contribution in [0.1, 0.15) is 11.4 Å². The van der Waals surface area contributed by atoms with E-state index in [1.54, 1.807) is 19.9 Å². The van der Waals surface area contributed by atoms with Crippen LogP contribution in [0.3, 0.4) is 0 Å². The van der Waals surface area contributed by atoms with Gasteiger partial charge in [-0.1, -0.05) is 0 Å². The molecule has 0 saturated heterocycles. The van der Waals surface area contributed by atoms with Crippen molar-refractivity contribution in [1.29, 1.82) is 0 Å². The Hall–Kier alpha value is -1.61. The van der Waals surface area contributed by atoms with Crippen LogP contribution in [0.15, 0.2) is 27.6 Å². The quantitative estimate of drug-likeness (QED) is 0.892. The molecule has 0 aliphatic rings. The Morgan fingerprint density at radius 3 is 2.19 bits per heavy atom. The standard InChI is InChI=1S/C12H10BrF2N3O2S/c1-6-3-7(2)17-12(16-6)18-21(19,20)11-9(13)4-8(14)5-10(11)15/h3-5H,1-2H3,(H,16,17,18). The van der Waals surface area contributed by atoms with E-state index in [0.29, 0.717) is 17.5 Å². The number of hydrogen-bond acceptors (Lipinski definition) is 4. The minimum absolute atomic E-state index is 0.178. The van der Waals surface area contributed by atoms with Gasteiger partial charge in [0.25, 0.3) is 10.0 Å². The summed E-state index contributed by atoms with van der Waals surface area (Å²) in [5, 5.41) is 0. The number of aryl methyl sites for hydroxylation is 2. The highest BCUT2D eigenvalue weighted by molar-refractivity contribution is 9.10. The topological polar surface area (TPSA) is 72.0 Å². The van der Waals surface area contributed by atoms with Gasteiger partial charge in [0.05, 0.1) is 0 Å². The summed E-state index contributed by atoms with van der Waals surface area (Å²) in [6.45, 7) is 3.34. The molecule has 21 heavy (non-hydrogen) atoms. The smallest absolute Gasteiger partial charge is 0.247 e. The Morgan fingerprint density at radius 1 is 1.10 bits per heavy atom. The maximum atomic E-state index is 13.7. The van der Waals surface area contributed by atoms with E-state index in [4.69, 9.17) is 0 Å². The summed E-state index contributed by atoms with van der Waals surface area (Å²) in [6.07, 6.45) is 0. The molecule has 0 spiro atoms. The van der Waals surface area contributed by atoms with Crippen LogP contribution in [-0.2, 0) is 10.0 Å². The first-order chi connectivity index (χ1) is 9.69. The minimum atomic E-state index is -4.29. The van der Waals surface area contributed by atoms with Crippen LogP contribution >= 0.6 is 15.9 Å². The van der Waals surface area contributed by atoms with Gasteiger partial charge in [-0.15, -0.1) is 0 Å². The van der Waals surface area contributed by atoms with E-state index in [9.17, 15) is 17.2 Å². The van der Waals surface area contributed by atoms with Crippen LogP contribution in [0, 0.1) is 25.5 Å². The second kappa shape index (κ2) is 5.64. The SMILES string of the molecule is Cc1cc(C)nc(NS(=O)(=O)c2c(F)cc(F)cc2Br)n1. The molecule has 5 nitrogen and oxygen atoms in total. The number of sulfonamides is 1. The molecule has 9 heteroatoms. The van der Waals surface area contributed by atoms with Gasteiger partial charge in [0, 0.05) is 21.9 Å². The zero-order valence-corrected chi connectivity index (χ0v) is 13.4. The lowest BCUT2D eigenvalue weighted by atomic mass is 10.3. The Kier molecular flexibility index (Phi) is 4.24. The second-order valence-corrected chi connectivity index (χ2v) is 6.75. The highest BCUT2D eigenvalue weighted by Crippen LogP contribution is 2.27. The summed E-state index contributed by atoms with van der Waals surface area (Å²) < 4.78 is 53.0. The average molecular weight is 378 g/mol. The summed E-state index contributed by atoms with van der Waals surface area (Å²) in [5.41, 5.74) is 1.11. The summed E-state index contributed by atoms with van der Waals surface area (Å²) in [4.78, 5) is 7.11. The highest BCUT2D eigenvalue weighted by atomic mass is 79.9. The molecule has 1 heterocycles. The number of aromatic nitrogens is 2. The maximum Gasteiger partial charge on any atom is 0.268 e. The van der Waals surface area contributed by atoms with Crippen LogP contribution in [-0.4, -0.2) is 18.4 Å². The molecule has 0 fully saturated rings. The molecule has 0 atom stereocenters. The Bertz CT molecular complexity index is 769. The Labute approximate surface area is 128 Å². The molecule has 0 unspecified atom stereocenters. The average Bonchev–Trinajstić information content (AvgIpc) is 2.23. The van der Waals surface area contributed by atoms with Crippen molar-refractivity contribution >= 4 is 31.9 Å². The van der Waals surface area contributed by atoms with Crippen LogP contribution in [0.4, 0.5) is 14.7 Å². The second-order valence-electron chi connectivity index (χ2n) is 4.28. The zero-order valence-electron chi connectivity index (χ0n) is 11.0. The number of benzene rings is 1. The number of nitrogens with zero attached hydrogens (tertiary/aromatic N) is 2. The summed E-state index contributed by atoms with van der Waals surface area (Å²) in [5.74, 6) is -2.28. The fourth-order valence-electron chi connectivity index (χ4n) is 1.73. The van der Waals surface area contributed by atoms with Gasteiger partial charge >= 0.3 is 0 Å². The van der Waals surface area contributed by atoms with Gasteiger partial charge < -0.3 is 0 Å². The molecule has 0 aliphatic carbocycles. The van der Waals surface area contributed by atoms with Gasteiger partial charge in [0.1, 0.15) is 16.5 Å². The molecule has 0 radical (unpaired) electrons. The van der Waals surface area contributed by atoms with E-state index in [1.165, 1.54) is 0 Å². The monoisotopic (exact) mass is 377 g/mol. The van der Waals surface area contributed by atoms with Crippen molar-refractivity contribution in [3.05, 3.63) is 45.7 Å². The van der Waals surface area contributed by atoms with Crippen LogP contribution in [0.25, 0.3) is 0 Å². The van der Waals surface area contributed by atoms with Crippen molar-refractivity contribution < 1.29 is 17.2 Å². The van der Waals surface area contributed by atoms with E-state index in [0.717, 1.165) is 6.07 Å². The summed E-state index contributed by atoms with van der Waals surface area (Å²) in [6, 6.07) is 3.01. The molecule has 2 rings (SSSR count). The number of nitrogens with one attached hydrogen (secondary N) is 1. The van der Waals surface area contributed by atoms with Gasteiger partial charge in [-0.25, -0.2) is 31.9 Å². The fourth-order valence-corrected chi connectivity index (χ4v) is 3.84. The van der Waals surface area contributed by atoms with Gasteiger partial charge in [-0.3, -0.25) is 0 Å². The number of hydrogen-bond donors (Lipinski definition) is 1. The molecular weight excluding hydrogens is 368 g/mol. The molecule has 1 aromatic carbocycles. The zero-order chi connectivity index (χ0) is 15.8. The third-order valence-corrected chi connectivity index (χ3v) is 4.73. The number of anilines is 1. The van der Waals surface area contributed by atoms with Gasteiger partial charge in [0.15, 0.2) is 0 Å². The summed E-state index contributed by atoms with van der Waals surface area (Å²) in [7, 11) is -4.29. The predicted molar refractivity (Wildman–Crippen MR) is 76.4 cm³/mol. The van der Waals surface area contributed by atoms with Crippen LogP contribution < -0.4 is 4.72 Å². The van der Waals surface area contributed by atoms with Crippen molar-refractivity contribution in [2.24, 2.45) is 0 Å². The first-order valence-corrected chi connectivity index (χ1v) is 7.96. The lowest BCUT2D eigenvalue weighted by Gasteiger charge is -2.10. The third-order valence-electron chi connectivity index (χ3n) is 2.44. The fraction of sp³-hybridized carbons (Fsp3) is 0.167. The van der Waals surface area contributed by atoms with Crippen molar-refractivity contribution in [2.45, 2.75) is 18.7 Å². The van der Waals surface area contributed by atoms with E-state index >= 15 is 0 Å². The van der Waals surface area contributed by atoms with Gasteiger partial charge in [-0.05, 0) is 41.9 Å².